The predicted molar refractivity (Wildman–Crippen MR) is 67.5 cm³/mol. The van der Waals surface area contributed by atoms with E-state index in [-0.39, 0.29) is 6.04 Å². The zero-order valence-electron chi connectivity index (χ0n) is 9.67. The van der Waals surface area contributed by atoms with Crippen molar-refractivity contribution in [2.45, 2.75) is 30.0 Å². The SMILES string of the molecule is CC[C@H](N)c1nc(CSc2ccccc2)no1. The summed E-state index contributed by atoms with van der Waals surface area (Å²) in [6.45, 7) is 1.99. The third-order valence-electron chi connectivity index (χ3n) is 2.35. The maximum Gasteiger partial charge on any atom is 0.243 e. The molecule has 0 unspecified atom stereocenters. The smallest absolute Gasteiger partial charge is 0.243 e. The highest BCUT2D eigenvalue weighted by molar-refractivity contribution is 7.98. The lowest BCUT2D eigenvalue weighted by Gasteiger charge is -1.99. The molecule has 0 spiro atoms. The van der Waals surface area contributed by atoms with Gasteiger partial charge in [0.15, 0.2) is 5.82 Å². The summed E-state index contributed by atoms with van der Waals surface area (Å²) in [5.74, 6) is 1.91. The first kappa shape index (κ1) is 12.1. The Hall–Kier alpha value is -1.33. The molecule has 4 nitrogen and oxygen atoms in total. The van der Waals surface area contributed by atoms with Crippen LogP contribution in [-0.4, -0.2) is 10.1 Å². The molecule has 0 saturated carbocycles. The molecule has 0 bridgehead atoms. The Labute approximate surface area is 105 Å². The molecule has 0 fully saturated rings. The molecule has 5 heteroatoms. The molecule has 0 amide bonds. The average Bonchev–Trinajstić information content (AvgIpc) is 2.85. The van der Waals surface area contributed by atoms with E-state index < -0.39 is 0 Å². The third kappa shape index (κ3) is 3.31. The number of aromatic nitrogens is 2. The molecular formula is C12H15N3OS. The van der Waals surface area contributed by atoms with Crippen LogP contribution in [0.4, 0.5) is 0 Å². The van der Waals surface area contributed by atoms with Crippen molar-refractivity contribution in [1.82, 2.24) is 10.1 Å². The van der Waals surface area contributed by atoms with E-state index in [0.29, 0.717) is 17.5 Å². The van der Waals surface area contributed by atoms with Gasteiger partial charge in [-0.05, 0) is 18.6 Å². The standard InChI is InChI=1S/C12H15N3OS/c1-2-10(13)12-14-11(15-16-12)8-17-9-6-4-3-5-7-9/h3-7,10H,2,8,13H2,1H3/t10-/m0/s1. The highest BCUT2D eigenvalue weighted by Gasteiger charge is 2.12. The van der Waals surface area contributed by atoms with Crippen molar-refractivity contribution >= 4 is 11.8 Å². The van der Waals surface area contributed by atoms with Crippen LogP contribution in [0.25, 0.3) is 0 Å². The summed E-state index contributed by atoms with van der Waals surface area (Å²) in [6, 6.07) is 9.98. The van der Waals surface area contributed by atoms with Crippen LogP contribution in [0.2, 0.25) is 0 Å². The van der Waals surface area contributed by atoms with Gasteiger partial charge < -0.3 is 10.3 Å². The molecular weight excluding hydrogens is 234 g/mol. The van der Waals surface area contributed by atoms with Gasteiger partial charge in [-0.25, -0.2) is 0 Å². The van der Waals surface area contributed by atoms with Gasteiger partial charge in [-0.2, -0.15) is 4.98 Å². The lowest BCUT2D eigenvalue weighted by molar-refractivity contribution is 0.349. The predicted octanol–water partition coefficient (Wildman–Crippen LogP) is 2.77. The average molecular weight is 249 g/mol. The molecule has 2 aromatic rings. The van der Waals surface area contributed by atoms with E-state index in [1.165, 1.54) is 4.90 Å². The maximum atomic E-state index is 5.81. The van der Waals surface area contributed by atoms with Crippen molar-refractivity contribution in [3.05, 3.63) is 42.0 Å². The highest BCUT2D eigenvalue weighted by atomic mass is 32.2. The summed E-state index contributed by atoms with van der Waals surface area (Å²) >= 11 is 1.68. The monoisotopic (exact) mass is 249 g/mol. The highest BCUT2D eigenvalue weighted by Crippen LogP contribution is 2.21. The number of benzene rings is 1. The molecule has 2 N–H and O–H groups in total. The van der Waals surface area contributed by atoms with Gasteiger partial charge in [0.25, 0.3) is 0 Å². The first-order valence-electron chi connectivity index (χ1n) is 5.55. The summed E-state index contributed by atoms with van der Waals surface area (Å²) in [4.78, 5) is 5.47. The summed E-state index contributed by atoms with van der Waals surface area (Å²) in [5.41, 5.74) is 5.81. The largest absolute Gasteiger partial charge is 0.338 e. The van der Waals surface area contributed by atoms with Gasteiger partial charge in [-0.1, -0.05) is 30.3 Å². The minimum atomic E-state index is -0.155. The number of hydrogen-bond acceptors (Lipinski definition) is 5. The molecule has 0 saturated heterocycles. The van der Waals surface area contributed by atoms with Crippen molar-refractivity contribution in [3.63, 3.8) is 0 Å². The van der Waals surface area contributed by atoms with E-state index in [4.69, 9.17) is 10.3 Å². The van der Waals surface area contributed by atoms with Crippen LogP contribution in [0.1, 0.15) is 31.1 Å². The molecule has 1 aromatic carbocycles. The number of thioether (sulfide) groups is 1. The van der Waals surface area contributed by atoms with E-state index in [1.807, 2.05) is 25.1 Å². The maximum absolute atomic E-state index is 5.81. The second kappa shape index (κ2) is 5.84. The number of rotatable bonds is 5. The van der Waals surface area contributed by atoms with E-state index >= 15 is 0 Å². The Morgan fingerprint density at radius 3 is 2.82 bits per heavy atom. The second-order valence-electron chi connectivity index (χ2n) is 3.67. The molecule has 0 radical (unpaired) electrons. The van der Waals surface area contributed by atoms with Crippen molar-refractivity contribution in [3.8, 4) is 0 Å². The fraction of sp³-hybridized carbons (Fsp3) is 0.333. The Morgan fingerprint density at radius 1 is 1.35 bits per heavy atom. The van der Waals surface area contributed by atoms with Gasteiger partial charge in [0, 0.05) is 4.90 Å². The summed E-state index contributed by atoms with van der Waals surface area (Å²) < 4.78 is 5.11. The van der Waals surface area contributed by atoms with E-state index in [2.05, 4.69) is 22.3 Å². The molecule has 1 atom stereocenters. The molecule has 0 aliphatic carbocycles. The summed E-state index contributed by atoms with van der Waals surface area (Å²) in [7, 11) is 0. The first-order chi connectivity index (χ1) is 8.29. The quantitative estimate of drug-likeness (QED) is 0.825. The zero-order chi connectivity index (χ0) is 12.1. The van der Waals surface area contributed by atoms with Gasteiger partial charge in [0.05, 0.1) is 11.8 Å². The van der Waals surface area contributed by atoms with Crippen LogP contribution in [-0.2, 0) is 5.75 Å². The summed E-state index contributed by atoms with van der Waals surface area (Å²) in [5, 5.41) is 3.91. The normalized spacial score (nSPS) is 12.6. The van der Waals surface area contributed by atoms with Crippen molar-refractivity contribution in [1.29, 1.82) is 0 Å². The molecule has 1 heterocycles. The third-order valence-corrected chi connectivity index (χ3v) is 3.36. The first-order valence-corrected chi connectivity index (χ1v) is 6.54. The Kier molecular flexibility index (Phi) is 4.17. The molecule has 90 valence electrons. The molecule has 1 aromatic heterocycles. The van der Waals surface area contributed by atoms with Crippen LogP contribution < -0.4 is 5.73 Å². The van der Waals surface area contributed by atoms with Crippen LogP contribution in [0.15, 0.2) is 39.8 Å². The molecule has 0 aliphatic rings. The molecule has 0 aliphatic heterocycles. The van der Waals surface area contributed by atoms with Crippen molar-refractivity contribution < 1.29 is 4.52 Å². The van der Waals surface area contributed by atoms with E-state index in [1.54, 1.807) is 11.8 Å². The van der Waals surface area contributed by atoms with E-state index in [0.717, 1.165) is 6.42 Å². The minimum absolute atomic E-state index is 0.155. The fourth-order valence-electron chi connectivity index (χ4n) is 1.32. The fourth-order valence-corrected chi connectivity index (χ4v) is 2.08. The zero-order valence-corrected chi connectivity index (χ0v) is 10.5. The van der Waals surface area contributed by atoms with E-state index in [9.17, 15) is 0 Å². The topological polar surface area (TPSA) is 64.9 Å². The number of hydrogen-bond donors (Lipinski definition) is 1. The van der Waals surface area contributed by atoms with Crippen molar-refractivity contribution in [2.24, 2.45) is 5.73 Å². The number of nitrogens with two attached hydrogens (primary N) is 1. The Bertz CT molecular complexity index is 458. The second-order valence-corrected chi connectivity index (χ2v) is 4.71. The van der Waals surface area contributed by atoms with Crippen LogP contribution in [0.5, 0.6) is 0 Å². The Morgan fingerprint density at radius 2 is 2.12 bits per heavy atom. The number of nitrogens with zero attached hydrogens (tertiary/aromatic N) is 2. The van der Waals surface area contributed by atoms with Crippen LogP contribution >= 0.6 is 11.8 Å². The van der Waals surface area contributed by atoms with Gasteiger partial charge in [-0.15, -0.1) is 11.8 Å². The lowest BCUT2D eigenvalue weighted by atomic mass is 10.2. The van der Waals surface area contributed by atoms with Crippen LogP contribution in [0.3, 0.4) is 0 Å². The summed E-state index contributed by atoms with van der Waals surface area (Å²) in [6.07, 6.45) is 0.799. The van der Waals surface area contributed by atoms with Gasteiger partial charge >= 0.3 is 0 Å². The van der Waals surface area contributed by atoms with Crippen LogP contribution in [0, 0.1) is 0 Å². The van der Waals surface area contributed by atoms with Crippen molar-refractivity contribution in [2.75, 3.05) is 0 Å². The molecule has 2 rings (SSSR count). The lowest BCUT2D eigenvalue weighted by Crippen LogP contribution is -2.08. The molecule has 17 heavy (non-hydrogen) atoms. The van der Waals surface area contributed by atoms with Gasteiger partial charge in [0.1, 0.15) is 0 Å². The Balaban J connectivity index is 1.94. The van der Waals surface area contributed by atoms with Gasteiger partial charge in [-0.3, -0.25) is 0 Å². The minimum Gasteiger partial charge on any atom is -0.338 e. The van der Waals surface area contributed by atoms with Gasteiger partial charge in [0.2, 0.25) is 5.89 Å².